The number of aromatic amines is 1. The number of aromatic nitrogens is 3. The number of rotatable bonds is 5. The predicted octanol–water partition coefficient (Wildman–Crippen LogP) is 2.66. The van der Waals surface area contributed by atoms with Gasteiger partial charge in [-0.3, -0.25) is 10.1 Å². The van der Waals surface area contributed by atoms with E-state index in [2.05, 4.69) is 37.7 Å². The van der Waals surface area contributed by atoms with Crippen molar-refractivity contribution in [2.75, 3.05) is 7.05 Å². The lowest BCUT2D eigenvalue weighted by atomic mass is 10.0. The minimum atomic E-state index is -0.451. The number of H-pyrrole nitrogens is 1. The summed E-state index contributed by atoms with van der Waals surface area (Å²) in [6.07, 6.45) is 4.69. The number of pyridine rings is 1. The molecule has 138 valence electrons. The van der Waals surface area contributed by atoms with Crippen LogP contribution in [0.2, 0.25) is 0 Å². The number of halogens is 2. The molecule has 2 saturated carbocycles. The third-order valence-corrected chi connectivity index (χ3v) is 5.50. The Morgan fingerprint density at radius 2 is 2.27 bits per heavy atom. The molecule has 2 fully saturated rings. The predicted molar refractivity (Wildman–Crippen MR) is 95.5 cm³/mol. The number of amidine groups is 1. The van der Waals surface area contributed by atoms with Crippen LogP contribution in [-0.4, -0.2) is 34.1 Å². The highest BCUT2D eigenvalue weighted by Crippen LogP contribution is 2.55. The summed E-state index contributed by atoms with van der Waals surface area (Å²) in [4.78, 5) is 7.97. The molecule has 0 saturated heterocycles. The van der Waals surface area contributed by atoms with Crippen LogP contribution in [0.25, 0.3) is 11.0 Å². The molecule has 2 aliphatic rings. The fourth-order valence-electron chi connectivity index (χ4n) is 4.05. The van der Waals surface area contributed by atoms with Gasteiger partial charge in [0.05, 0.1) is 18.4 Å². The topological polar surface area (TPSA) is 78.0 Å². The fourth-order valence-corrected chi connectivity index (χ4v) is 4.05. The Balaban J connectivity index is 1.38. The van der Waals surface area contributed by atoms with Crippen LogP contribution in [0.5, 0.6) is 0 Å². The zero-order valence-corrected chi connectivity index (χ0v) is 14.8. The van der Waals surface area contributed by atoms with E-state index in [0.29, 0.717) is 34.6 Å². The van der Waals surface area contributed by atoms with Gasteiger partial charge in [0, 0.05) is 24.7 Å². The molecule has 2 aromatic heterocycles. The van der Waals surface area contributed by atoms with Crippen molar-refractivity contribution in [1.82, 2.24) is 25.8 Å². The molecule has 2 heterocycles. The summed E-state index contributed by atoms with van der Waals surface area (Å²) in [5.74, 6) is 1.52. The molecule has 2 aliphatic carbocycles. The average molecular weight is 360 g/mol. The van der Waals surface area contributed by atoms with Gasteiger partial charge in [0.25, 0.3) is 0 Å². The highest BCUT2D eigenvalue weighted by Gasteiger charge is 2.52. The molecule has 4 atom stereocenters. The Morgan fingerprint density at radius 1 is 1.42 bits per heavy atom. The third-order valence-electron chi connectivity index (χ3n) is 5.50. The second kappa shape index (κ2) is 6.66. The van der Waals surface area contributed by atoms with E-state index in [1.165, 1.54) is 18.7 Å². The van der Waals surface area contributed by atoms with Crippen molar-refractivity contribution in [2.45, 2.75) is 32.4 Å². The van der Waals surface area contributed by atoms with Crippen LogP contribution < -0.4 is 10.6 Å². The molecule has 3 N–H and O–H groups in total. The van der Waals surface area contributed by atoms with Crippen LogP contribution in [0.15, 0.2) is 29.3 Å². The molecule has 0 unspecified atom stereocenters. The average Bonchev–Trinajstić information content (AvgIpc) is 3.25. The first-order valence-electron chi connectivity index (χ1n) is 8.88. The minimum absolute atomic E-state index is 0.251. The minimum Gasteiger partial charge on any atom is -0.383 e. The first kappa shape index (κ1) is 16.9. The van der Waals surface area contributed by atoms with Gasteiger partial charge in [-0.25, -0.2) is 13.8 Å². The fraction of sp³-hybridized carbons (Fsp3) is 0.500. The standard InChI is InChI=1S/C18H22F2N6/c1-9-3-15(12-5-11(9)12)24-18(21-2)14(20)7-22-8-16-13-4-10(19)6-23-17(13)26-25-16/h4,6-7,9,11-12,15,22H,3,5,8H2,1-2H3,(H,21,24)(H,23,25,26)/b14-7+/t9-,11-,12-,15+/m0/s1. The Morgan fingerprint density at radius 3 is 2.96 bits per heavy atom. The van der Waals surface area contributed by atoms with Crippen molar-refractivity contribution in [2.24, 2.45) is 22.7 Å². The van der Waals surface area contributed by atoms with Gasteiger partial charge in [-0.2, -0.15) is 5.10 Å². The van der Waals surface area contributed by atoms with Crippen molar-refractivity contribution in [3.63, 3.8) is 0 Å². The summed E-state index contributed by atoms with van der Waals surface area (Å²) in [6.45, 7) is 2.51. The first-order chi connectivity index (χ1) is 12.6. The second-order valence-electron chi connectivity index (χ2n) is 7.19. The molecule has 0 aliphatic heterocycles. The number of nitrogens with zero attached hydrogens (tertiary/aromatic N) is 3. The Bertz CT molecular complexity index is 874. The largest absolute Gasteiger partial charge is 0.383 e. The zero-order valence-electron chi connectivity index (χ0n) is 14.8. The molecule has 4 rings (SSSR count). The molecule has 0 bridgehead atoms. The van der Waals surface area contributed by atoms with Crippen LogP contribution in [0, 0.1) is 23.6 Å². The summed E-state index contributed by atoms with van der Waals surface area (Å²) in [5, 5.41) is 13.5. The molecule has 0 amide bonds. The van der Waals surface area contributed by atoms with Gasteiger partial charge in [-0.15, -0.1) is 0 Å². The molecular weight excluding hydrogens is 338 g/mol. The van der Waals surface area contributed by atoms with Gasteiger partial charge in [0.15, 0.2) is 17.3 Å². The van der Waals surface area contributed by atoms with Crippen molar-refractivity contribution in [1.29, 1.82) is 0 Å². The van der Waals surface area contributed by atoms with E-state index < -0.39 is 11.6 Å². The van der Waals surface area contributed by atoms with Crippen LogP contribution in [0.4, 0.5) is 8.78 Å². The lowest BCUT2D eigenvalue weighted by Gasteiger charge is -2.17. The molecular formula is C18H22F2N6. The molecule has 0 radical (unpaired) electrons. The number of nitrogens with one attached hydrogen (secondary N) is 3. The zero-order chi connectivity index (χ0) is 18.3. The van der Waals surface area contributed by atoms with Crippen LogP contribution >= 0.6 is 0 Å². The summed E-state index contributed by atoms with van der Waals surface area (Å²) in [7, 11) is 1.58. The van der Waals surface area contributed by atoms with Gasteiger partial charge in [0.2, 0.25) is 0 Å². The van der Waals surface area contributed by atoms with Gasteiger partial charge in [-0.05, 0) is 36.7 Å². The normalized spacial score (nSPS) is 28.3. The van der Waals surface area contributed by atoms with Gasteiger partial charge in [-0.1, -0.05) is 6.92 Å². The molecule has 6 nitrogen and oxygen atoms in total. The summed E-state index contributed by atoms with van der Waals surface area (Å²) in [5.41, 5.74) is 1.07. The maximum Gasteiger partial charge on any atom is 0.180 e. The second-order valence-corrected chi connectivity index (χ2v) is 7.19. The maximum atomic E-state index is 14.5. The van der Waals surface area contributed by atoms with Crippen molar-refractivity contribution < 1.29 is 8.78 Å². The van der Waals surface area contributed by atoms with Crippen molar-refractivity contribution >= 4 is 16.9 Å². The number of aliphatic imine (C=N–C) groups is 1. The molecule has 2 aromatic rings. The molecule has 8 heteroatoms. The molecule has 0 aromatic carbocycles. The Labute approximate surface area is 150 Å². The number of fused-ring (bicyclic) bond motifs is 2. The SMILES string of the molecule is C/N=C(N[C@@H]1C[C@H](C)[C@@H]2C[C@@H]21)\C(F)=C/NCc1n[nH]c2ncc(F)cc12. The summed E-state index contributed by atoms with van der Waals surface area (Å²) < 4.78 is 27.8. The quantitative estimate of drug-likeness (QED) is 0.566. The smallest absolute Gasteiger partial charge is 0.180 e. The van der Waals surface area contributed by atoms with Gasteiger partial charge >= 0.3 is 0 Å². The third kappa shape index (κ3) is 3.15. The van der Waals surface area contributed by atoms with E-state index in [9.17, 15) is 8.78 Å². The number of hydrogen-bond donors (Lipinski definition) is 3. The van der Waals surface area contributed by atoms with Crippen LogP contribution in [0.3, 0.4) is 0 Å². The monoisotopic (exact) mass is 360 g/mol. The lowest BCUT2D eigenvalue weighted by Crippen LogP contribution is -2.36. The summed E-state index contributed by atoms with van der Waals surface area (Å²) in [6, 6.07) is 1.66. The van der Waals surface area contributed by atoms with E-state index in [4.69, 9.17) is 0 Å². The Hall–Kier alpha value is -2.51. The maximum absolute atomic E-state index is 14.5. The van der Waals surface area contributed by atoms with Crippen molar-refractivity contribution in [3.8, 4) is 0 Å². The molecule has 26 heavy (non-hydrogen) atoms. The highest BCUT2D eigenvalue weighted by atomic mass is 19.1. The van der Waals surface area contributed by atoms with Gasteiger partial charge < -0.3 is 10.6 Å². The van der Waals surface area contributed by atoms with E-state index in [-0.39, 0.29) is 12.4 Å². The van der Waals surface area contributed by atoms with Crippen LogP contribution in [-0.2, 0) is 6.54 Å². The van der Waals surface area contributed by atoms with E-state index in [1.807, 2.05) is 0 Å². The first-order valence-corrected chi connectivity index (χ1v) is 8.88. The molecule has 0 spiro atoms. The number of hydrogen-bond acceptors (Lipinski definition) is 4. The highest BCUT2D eigenvalue weighted by molar-refractivity contribution is 5.96. The Kier molecular flexibility index (Phi) is 4.34. The van der Waals surface area contributed by atoms with Gasteiger partial charge in [0.1, 0.15) is 5.82 Å². The van der Waals surface area contributed by atoms with E-state index in [1.54, 1.807) is 7.05 Å². The van der Waals surface area contributed by atoms with E-state index >= 15 is 0 Å². The van der Waals surface area contributed by atoms with Crippen molar-refractivity contribution in [3.05, 3.63) is 35.8 Å². The van der Waals surface area contributed by atoms with Crippen LogP contribution in [0.1, 0.15) is 25.5 Å². The van der Waals surface area contributed by atoms with E-state index in [0.717, 1.165) is 18.5 Å². The lowest BCUT2D eigenvalue weighted by molar-refractivity contribution is 0.479. The summed E-state index contributed by atoms with van der Waals surface area (Å²) >= 11 is 0.